The number of fused-ring (bicyclic) bond motifs is 2. The highest BCUT2D eigenvalue weighted by Gasteiger charge is 2.55. The van der Waals surface area contributed by atoms with Crippen molar-refractivity contribution in [2.45, 2.75) is 39.4 Å². The predicted molar refractivity (Wildman–Crippen MR) is 101 cm³/mol. The average molecular weight is 392 g/mol. The van der Waals surface area contributed by atoms with Crippen molar-refractivity contribution >= 4 is 17.9 Å². The van der Waals surface area contributed by atoms with E-state index in [0.29, 0.717) is 23.1 Å². The molecule has 7 nitrogen and oxygen atoms in total. The van der Waals surface area contributed by atoms with Crippen LogP contribution in [-0.2, 0) is 33.3 Å². The zero-order valence-corrected chi connectivity index (χ0v) is 16.7. The van der Waals surface area contributed by atoms with E-state index in [0.717, 1.165) is 0 Å². The summed E-state index contributed by atoms with van der Waals surface area (Å²) < 4.78 is 22.0. The van der Waals surface area contributed by atoms with Crippen LogP contribution in [0.3, 0.4) is 0 Å². The lowest BCUT2D eigenvalue weighted by Gasteiger charge is -2.31. The predicted octanol–water partition coefficient (Wildman–Crippen LogP) is 2.36. The molecule has 0 saturated carbocycles. The number of ether oxygens (including phenoxy) is 4. The van der Waals surface area contributed by atoms with Crippen molar-refractivity contribution in [2.75, 3.05) is 19.8 Å². The van der Waals surface area contributed by atoms with Crippen LogP contribution in [0.5, 0.6) is 0 Å². The summed E-state index contributed by atoms with van der Waals surface area (Å²) in [6, 6.07) is 0. The maximum atomic E-state index is 11.8. The van der Waals surface area contributed by atoms with Crippen molar-refractivity contribution < 1.29 is 33.3 Å². The van der Waals surface area contributed by atoms with Crippen LogP contribution in [0.1, 0.15) is 27.2 Å². The Morgan fingerprint density at radius 3 is 1.68 bits per heavy atom. The minimum Gasteiger partial charge on any atom is -0.462 e. The molecule has 0 radical (unpaired) electrons. The van der Waals surface area contributed by atoms with Gasteiger partial charge in [0.1, 0.15) is 0 Å². The Balaban J connectivity index is 2.03. The molecule has 0 aliphatic carbocycles. The standard InChI is InChI=1S/C21H28O7/c1-11(2)19(22)25-8-14-7-17-15(9-26-20(23)12(3)4)16(18(14)28-17)10-27-21(24)13(5)6/h14-18H,1,3,5,7-10H2,2,4,6H3. The minimum absolute atomic E-state index is 0.0186. The van der Waals surface area contributed by atoms with Crippen LogP contribution in [0, 0.1) is 17.8 Å². The fraction of sp³-hybridized carbons (Fsp3) is 0.571. The van der Waals surface area contributed by atoms with Gasteiger partial charge in [0, 0.05) is 34.5 Å². The lowest BCUT2D eigenvalue weighted by atomic mass is 9.75. The first-order valence-corrected chi connectivity index (χ1v) is 9.25. The average Bonchev–Trinajstić information content (AvgIpc) is 3.19. The molecule has 0 N–H and O–H groups in total. The van der Waals surface area contributed by atoms with E-state index >= 15 is 0 Å². The summed E-state index contributed by atoms with van der Waals surface area (Å²) in [5.74, 6) is -1.69. The highest BCUT2D eigenvalue weighted by molar-refractivity contribution is 5.87. The molecular formula is C21H28O7. The molecule has 0 aromatic carbocycles. The SMILES string of the molecule is C=C(C)C(=O)OCC1CC2OC1C(COC(=O)C(=C)C)C2COC(=O)C(=C)C. The maximum absolute atomic E-state index is 11.8. The van der Waals surface area contributed by atoms with E-state index in [9.17, 15) is 14.4 Å². The highest BCUT2D eigenvalue weighted by Crippen LogP contribution is 2.47. The van der Waals surface area contributed by atoms with Gasteiger partial charge in [-0.1, -0.05) is 19.7 Å². The first-order chi connectivity index (χ1) is 13.1. The molecule has 0 aromatic rings. The molecule has 0 aromatic heterocycles. The number of esters is 3. The van der Waals surface area contributed by atoms with E-state index in [-0.39, 0.29) is 49.8 Å². The van der Waals surface area contributed by atoms with Gasteiger partial charge in [0.05, 0.1) is 32.0 Å². The molecule has 2 fully saturated rings. The molecule has 2 bridgehead atoms. The Labute approximate surface area is 165 Å². The third-order valence-corrected chi connectivity index (χ3v) is 5.07. The fourth-order valence-corrected chi connectivity index (χ4v) is 3.55. The molecule has 5 atom stereocenters. The first kappa shape index (κ1) is 21.9. The van der Waals surface area contributed by atoms with Crippen molar-refractivity contribution in [2.24, 2.45) is 17.8 Å². The van der Waals surface area contributed by atoms with Gasteiger partial charge in [0.2, 0.25) is 0 Å². The van der Waals surface area contributed by atoms with Gasteiger partial charge in [-0.2, -0.15) is 0 Å². The maximum Gasteiger partial charge on any atom is 0.333 e. The number of hydrogen-bond donors (Lipinski definition) is 0. The third kappa shape index (κ3) is 5.10. The summed E-state index contributed by atoms with van der Waals surface area (Å²) in [7, 11) is 0. The Hall–Kier alpha value is -2.41. The molecule has 2 aliphatic heterocycles. The molecule has 5 unspecified atom stereocenters. The molecule has 154 valence electrons. The fourth-order valence-electron chi connectivity index (χ4n) is 3.55. The number of hydrogen-bond acceptors (Lipinski definition) is 7. The zero-order valence-electron chi connectivity index (χ0n) is 16.7. The van der Waals surface area contributed by atoms with Crippen molar-refractivity contribution in [3.8, 4) is 0 Å². The second-order valence-electron chi connectivity index (χ2n) is 7.60. The van der Waals surface area contributed by atoms with Crippen LogP contribution >= 0.6 is 0 Å². The van der Waals surface area contributed by atoms with Crippen LogP contribution in [0.25, 0.3) is 0 Å². The van der Waals surface area contributed by atoms with Gasteiger partial charge in [-0.15, -0.1) is 0 Å². The third-order valence-electron chi connectivity index (χ3n) is 5.07. The van der Waals surface area contributed by atoms with Crippen molar-refractivity contribution in [3.63, 3.8) is 0 Å². The molecule has 0 spiro atoms. The van der Waals surface area contributed by atoms with Gasteiger partial charge in [-0.3, -0.25) is 0 Å². The number of rotatable bonds is 9. The van der Waals surface area contributed by atoms with Gasteiger partial charge >= 0.3 is 17.9 Å². The van der Waals surface area contributed by atoms with Gasteiger partial charge in [-0.25, -0.2) is 14.4 Å². The molecule has 2 heterocycles. The highest BCUT2D eigenvalue weighted by atomic mass is 16.6. The lowest BCUT2D eigenvalue weighted by Crippen LogP contribution is -2.41. The molecule has 0 amide bonds. The molecular weight excluding hydrogens is 364 g/mol. The van der Waals surface area contributed by atoms with Crippen LogP contribution in [0.2, 0.25) is 0 Å². The van der Waals surface area contributed by atoms with Crippen LogP contribution in [0.4, 0.5) is 0 Å². The van der Waals surface area contributed by atoms with Crippen molar-refractivity contribution in [3.05, 3.63) is 36.5 Å². The van der Waals surface area contributed by atoms with Gasteiger partial charge in [0.15, 0.2) is 0 Å². The summed E-state index contributed by atoms with van der Waals surface area (Å²) >= 11 is 0. The molecule has 2 aliphatic rings. The van der Waals surface area contributed by atoms with E-state index in [4.69, 9.17) is 18.9 Å². The Morgan fingerprint density at radius 1 is 0.786 bits per heavy atom. The van der Waals surface area contributed by atoms with E-state index in [1.54, 1.807) is 20.8 Å². The van der Waals surface area contributed by atoms with Crippen molar-refractivity contribution in [1.82, 2.24) is 0 Å². The number of carbonyl (C=O) groups is 3. The van der Waals surface area contributed by atoms with Gasteiger partial charge in [-0.05, 0) is 27.2 Å². The second kappa shape index (κ2) is 9.19. The molecule has 7 heteroatoms. The van der Waals surface area contributed by atoms with Gasteiger partial charge in [0.25, 0.3) is 0 Å². The van der Waals surface area contributed by atoms with E-state index in [1.165, 1.54) is 0 Å². The quantitative estimate of drug-likeness (QED) is 0.338. The first-order valence-electron chi connectivity index (χ1n) is 9.25. The topological polar surface area (TPSA) is 88.1 Å². The summed E-state index contributed by atoms with van der Waals surface area (Å²) in [6.07, 6.45) is 0.258. The van der Waals surface area contributed by atoms with E-state index in [1.807, 2.05) is 0 Å². The molecule has 2 saturated heterocycles. The minimum atomic E-state index is -0.481. The number of carbonyl (C=O) groups excluding carboxylic acids is 3. The lowest BCUT2D eigenvalue weighted by molar-refractivity contribution is -0.146. The molecule has 2 rings (SSSR count). The monoisotopic (exact) mass is 392 g/mol. The summed E-state index contributed by atoms with van der Waals surface area (Å²) in [5.41, 5.74) is 0.959. The smallest absolute Gasteiger partial charge is 0.333 e. The summed E-state index contributed by atoms with van der Waals surface area (Å²) in [6.45, 7) is 15.9. The zero-order chi connectivity index (χ0) is 21.0. The largest absolute Gasteiger partial charge is 0.462 e. The molecule has 28 heavy (non-hydrogen) atoms. The Morgan fingerprint density at radius 2 is 1.21 bits per heavy atom. The van der Waals surface area contributed by atoms with Crippen LogP contribution in [0.15, 0.2) is 36.5 Å². The second-order valence-corrected chi connectivity index (χ2v) is 7.60. The van der Waals surface area contributed by atoms with Gasteiger partial charge < -0.3 is 18.9 Å². The van der Waals surface area contributed by atoms with Crippen LogP contribution < -0.4 is 0 Å². The van der Waals surface area contributed by atoms with E-state index in [2.05, 4.69) is 19.7 Å². The Bertz CT molecular complexity index is 693. The summed E-state index contributed by atoms with van der Waals surface area (Å²) in [5, 5.41) is 0. The van der Waals surface area contributed by atoms with Crippen LogP contribution in [-0.4, -0.2) is 49.9 Å². The Kier molecular flexibility index (Phi) is 7.18. The van der Waals surface area contributed by atoms with E-state index < -0.39 is 17.9 Å². The van der Waals surface area contributed by atoms with Crippen molar-refractivity contribution in [1.29, 1.82) is 0 Å². The summed E-state index contributed by atoms with van der Waals surface area (Å²) in [4.78, 5) is 35.2. The normalized spacial score (nSPS) is 27.8.